The van der Waals surface area contributed by atoms with E-state index in [1.165, 1.54) is 38.5 Å². The third-order valence-corrected chi connectivity index (χ3v) is 2.95. The van der Waals surface area contributed by atoms with Gasteiger partial charge in [0.1, 0.15) is 0 Å². The molecule has 2 nitrogen and oxygen atoms in total. The van der Waals surface area contributed by atoms with Crippen LogP contribution in [-0.4, -0.2) is 19.5 Å². The van der Waals surface area contributed by atoms with Gasteiger partial charge >= 0.3 is 0 Å². The monoisotopic (exact) mass is 200 g/mol. The maximum absolute atomic E-state index is 5.66. The number of ether oxygens (including phenoxy) is 2. The van der Waals surface area contributed by atoms with Crippen molar-refractivity contribution in [3.8, 4) is 0 Å². The van der Waals surface area contributed by atoms with Gasteiger partial charge in [0.25, 0.3) is 0 Å². The van der Waals surface area contributed by atoms with Gasteiger partial charge in [-0.1, -0.05) is 25.7 Å². The minimum absolute atomic E-state index is 0.0584. The molecule has 0 saturated heterocycles. The maximum atomic E-state index is 5.66. The smallest absolute Gasteiger partial charge is 0.160 e. The molecule has 1 aliphatic carbocycles. The van der Waals surface area contributed by atoms with Gasteiger partial charge in [-0.2, -0.15) is 0 Å². The summed E-state index contributed by atoms with van der Waals surface area (Å²) in [6.45, 7) is 5.62. The highest BCUT2D eigenvalue weighted by atomic mass is 16.7. The Morgan fingerprint density at radius 2 is 1.43 bits per heavy atom. The minimum atomic E-state index is 0.0584. The molecule has 2 heteroatoms. The zero-order chi connectivity index (χ0) is 10.2. The molecular formula is C12H24O2. The molecule has 1 aliphatic rings. The molecule has 0 N–H and O–H groups in total. The van der Waals surface area contributed by atoms with Gasteiger partial charge in [0.15, 0.2) is 6.29 Å². The van der Waals surface area contributed by atoms with Gasteiger partial charge in [0.05, 0.1) is 0 Å². The molecule has 14 heavy (non-hydrogen) atoms. The normalized spacial score (nSPS) is 19.9. The van der Waals surface area contributed by atoms with Crippen molar-refractivity contribution < 1.29 is 9.47 Å². The van der Waals surface area contributed by atoms with Crippen molar-refractivity contribution >= 4 is 0 Å². The summed E-state index contributed by atoms with van der Waals surface area (Å²) in [4.78, 5) is 0. The molecule has 0 aromatic rings. The minimum Gasteiger partial charge on any atom is -0.353 e. The average Bonchev–Trinajstić information content (AvgIpc) is 2.45. The van der Waals surface area contributed by atoms with E-state index in [-0.39, 0.29) is 6.29 Å². The second kappa shape index (κ2) is 7.24. The third-order valence-electron chi connectivity index (χ3n) is 2.95. The number of hydrogen-bond donors (Lipinski definition) is 0. The first-order chi connectivity index (χ1) is 6.88. The SMILES string of the molecule is CCOC(OCC)C1CCCCCC1. The van der Waals surface area contributed by atoms with Gasteiger partial charge in [0, 0.05) is 19.1 Å². The van der Waals surface area contributed by atoms with Gasteiger partial charge < -0.3 is 9.47 Å². The summed E-state index contributed by atoms with van der Waals surface area (Å²) in [7, 11) is 0. The van der Waals surface area contributed by atoms with Gasteiger partial charge in [-0.3, -0.25) is 0 Å². The predicted molar refractivity (Wildman–Crippen MR) is 58.2 cm³/mol. The Morgan fingerprint density at radius 3 is 1.86 bits per heavy atom. The summed E-state index contributed by atoms with van der Waals surface area (Å²) in [6.07, 6.45) is 8.10. The lowest BCUT2D eigenvalue weighted by Gasteiger charge is -2.25. The van der Waals surface area contributed by atoms with Crippen molar-refractivity contribution in [2.24, 2.45) is 5.92 Å². The Kier molecular flexibility index (Phi) is 6.20. The van der Waals surface area contributed by atoms with Crippen molar-refractivity contribution in [3.05, 3.63) is 0 Å². The molecule has 1 rings (SSSR count). The summed E-state index contributed by atoms with van der Waals surface area (Å²) < 4.78 is 11.3. The van der Waals surface area contributed by atoms with Crippen LogP contribution in [0.4, 0.5) is 0 Å². The first-order valence-corrected chi connectivity index (χ1v) is 6.11. The Hall–Kier alpha value is -0.0800. The predicted octanol–water partition coefficient (Wildman–Crippen LogP) is 3.36. The molecule has 0 atom stereocenters. The molecule has 0 aliphatic heterocycles. The third kappa shape index (κ3) is 3.97. The van der Waals surface area contributed by atoms with Crippen LogP contribution in [0.25, 0.3) is 0 Å². The van der Waals surface area contributed by atoms with E-state index in [0.29, 0.717) is 5.92 Å². The highest BCUT2D eigenvalue weighted by molar-refractivity contribution is 4.67. The highest BCUT2D eigenvalue weighted by Gasteiger charge is 2.23. The van der Waals surface area contributed by atoms with Crippen molar-refractivity contribution in [1.82, 2.24) is 0 Å². The Labute approximate surface area is 88.0 Å². The zero-order valence-corrected chi connectivity index (χ0v) is 9.63. The molecular weight excluding hydrogens is 176 g/mol. The summed E-state index contributed by atoms with van der Waals surface area (Å²) in [5.41, 5.74) is 0. The van der Waals surface area contributed by atoms with Gasteiger partial charge in [-0.25, -0.2) is 0 Å². The quantitative estimate of drug-likeness (QED) is 0.500. The number of rotatable bonds is 5. The van der Waals surface area contributed by atoms with Crippen LogP contribution in [0.15, 0.2) is 0 Å². The van der Waals surface area contributed by atoms with Crippen molar-refractivity contribution in [2.45, 2.75) is 58.7 Å². The Morgan fingerprint density at radius 1 is 0.929 bits per heavy atom. The summed E-state index contributed by atoms with van der Waals surface area (Å²) in [6, 6.07) is 0. The molecule has 0 aromatic carbocycles. The molecule has 0 heterocycles. The molecule has 84 valence electrons. The maximum Gasteiger partial charge on any atom is 0.160 e. The van der Waals surface area contributed by atoms with E-state index in [9.17, 15) is 0 Å². The molecule has 1 saturated carbocycles. The Bertz CT molecular complexity index is 122. The lowest BCUT2D eigenvalue weighted by molar-refractivity contribution is -0.169. The van der Waals surface area contributed by atoms with E-state index in [2.05, 4.69) is 0 Å². The van der Waals surface area contributed by atoms with E-state index in [1.54, 1.807) is 0 Å². The molecule has 0 amide bonds. The van der Waals surface area contributed by atoms with E-state index in [4.69, 9.17) is 9.47 Å². The summed E-state index contributed by atoms with van der Waals surface area (Å²) >= 11 is 0. The van der Waals surface area contributed by atoms with Crippen molar-refractivity contribution in [3.63, 3.8) is 0 Å². The van der Waals surface area contributed by atoms with Crippen LogP contribution in [0.3, 0.4) is 0 Å². The number of hydrogen-bond acceptors (Lipinski definition) is 2. The van der Waals surface area contributed by atoms with E-state index in [1.807, 2.05) is 13.8 Å². The lowest BCUT2D eigenvalue weighted by atomic mass is 10.00. The first kappa shape index (κ1) is 12.0. The molecule has 0 spiro atoms. The van der Waals surface area contributed by atoms with Crippen molar-refractivity contribution in [1.29, 1.82) is 0 Å². The molecule has 0 aromatic heterocycles. The lowest BCUT2D eigenvalue weighted by Crippen LogP contribution is -2.27. The molecule has 0 bridgehead atoms. The van der Waals surface area contributed by atoms with Gasteiger partial charge in [0.2, 0.25) is 0 Å². The standard InChI is InChI=1S/C12H24O2/c1-3-13-12(14-4-2)11-9-7-5-6-8-10-11/h11-12H,3-10H2,1-2H3. The summed E-state index contributed by atoms with van der Waals surface area (Å²) in [5, 5.41) is 0. The van der Waals surface area contributed by atoms with Crippen LogP contribution >= 0.6 is 0 Å². The highest BCUT2D eigenvalue weighted by Crippen LogP contribution is 2.27. The first-order valence-electron chi connectivity index (χ1n) is 6.11. The average molecular weight is 200 g/mol. The Balaban J connectivity index is 2.38. The van der Waals surface area contributed by atoms with Gasteiger partial charge in [-0.15, -0.1) is 0 Å². The molecule has 0 unspecified atom stereocenters. The second-order valence-corrected chi connectivity index (χ2v) is 4.03. The summed E-state index contributed by atoms with van der Waals surface area (Å²) in [5.74, 6) is 0.636. The largest absolute Gasteiger partial charge is 0.353 e. The van der Waals surface area contributed by atoms with Crippen LogP contribution in [-0.2, 0) is 9.47 Å². The van der Waals surface area contributed by atoms with Crippen LogP contribution in [0.5, 0.6) is 0 Å². The van der Waals surface area contributed by atoms with E-state index < -0.39 is 0 Å². The molecule has 0 radical (unpaired) electrons. The topological polar surface area (TPSA) is 18.5 Å². The van der Waals surface area contributed by atoms with Crippen LogP contribution < -0.4 is 0 Å². The fourth-order valence-electron chi connectivity index (χ4n) is 2.23. The zero-order valence-electron chi connectivity index (χ0n) is 9.63. The molecule has 1 fully saturated rings. The van der Waals surface area contributed by atoms with Crippen LogP contribution in [0, 0.1) is 5.92 Å². The van der Waals surface area contributed by atoms with Crippen molar-refractivity contribution in [2.75, 3.05) is 13.2 Å². The second-order valence-electron chi connectivity index (χ2n) is 4.03. The van der Waals surface area contributed by atoms with Crippen LogP contribution in [0.1, 0.15) is 52.4 Å². The van der Waals surface area contributed by atoms with E-state index >= 15 is 0 Å². The van der Waals surface area contributed by atoms with Crippen LogP contribution in [0.2, 0.25) is 0 Å². The van der Waals surface area contributed by atoms with E-state index in [0.717, 1.165) is 13.2 Å². The fraction of sp³-hybridized carbons (Fsp3) is 1.00. The van der Waals surface area contributed by atoms with Gasteiger partial charge in [-0.05, 0) is 26.7 Å². The fourth-order valence-corrected chi connectivity index (χ4v) is 2.23.